The van der Waals surface area contributed by atoms with E-state index in [1.807, 2.05) is 0 Å². The zero-order valence-electron chi connectivity index (χ0n) is 4.95. The van der Waals surface area contributed by atoms with Gasteiger partial charge in [-0.15, -0.1) is 0 Å². The first-order valence-electron chi connectivity index (χ1n) is 2.82. The second-order valence-electron chi connectivity index (χ2n) is 2.24. The molecule has 0 aromatic heterocycles. The molecule has 9 heavy (non-hydrogen) atoms. The maximum atomic E-state index is 10.1. The van der Waals surface area contributed by atoms with Crippen molar-refractivity contribution >= 4 is 18.7 Å². The molecule has 0 spiro atoms. The topological polar surface area (TPSA) is 40.5 Å². The molecule has 0 aromatic carbocycles. The minimum absolute atomic E-state index is 0.490. The first kappa shape index (κ1) is 6.74. The largest absolute Gasteiger partial charge is 0.465 e. The smallest absolute Gasteiger partial charge is 0.407 e. The van der Waals surface area contributed by atoms with E-state index in [4.69, 9.17) is 5.11 Å². The second kappa shape index (κ2) is 2.47. The molecule has 4 heteroatoms. The lowest BCUT2D eigenvalue weighted by Gasteiger charge is -2.35. The zero-order chi connectivity index (χ0) is 6.85. The molecule has 1 aliphatic rings. The van der Waals surface area contributed by atoms with Crippen LogP contribution in [0, 0.1) is 5.92 Å². The Bertz CT molecular complexity index is 122. The average molecular weight is 147 g/mol. The number of thiol groups is 1. The Morgan fingerprint density at radius 2 is 2.33 bits per heavy atom. The van der Waals surface area contributed by atoms with Gasteiger partial charge in [-0.1, -0.05) is 0 Å². The molecule has 0 atom stereocenters. The van der Waals surface area contributed by atoms with E-state index in [-0.39, 0.29) is 0 Å². The van der Waals surface area contributed by atoms with Gasteiger partial charge in [-0.05, 0) is 5.75 Å². The fourth-order valence-corrected chi connectivity index (χ4v) is 1.07. The Morgan fingerprint density at radius 3 is 2.67 bits per heavy atom. The summed E-state index contributed by atoms with van der Waals surface area (Å²) in [6, 6.07) is 0. The maximum absolute atomic E-state index is 10.1. The fourth-order valence-electron chi connectivity index (χ4n) is 0.842. The monoisotopic (exact) mass is 147 g/mol. The lowest BCUT2D eigenvalue weighted by molar-refractivity contribution is 0.0902. The van der Waals surface area contributed by atoms with Crippen LogP contribution in [0.15, 0.2) is 0 Å². The van der Waals surface area contributed by atoms with Crippen molar-refractivity contribution < 1.29 is 9.90 Å². The van der Waals surface area contributed by atoms with E-state index in [0.29, 0.717) is 19.0 Å². The van der Waals surface area contributed by atoms with Crippen molar-refractivity contribution in [3.63, 3.8) is 0 Å². The predicted octanol–water partition coefficient (Wildman–Crippen LogP) is 0.526. The Morgan fingerprint density at radius 1 is 1.78 bits per heavy atom. The van der Waals surface area contributed by atoms with E-state index in [9.17, 15) is 4.79 Å². The molecule has 0 bridgehead atoms. The summed E-state index contributed by atoms with van der Waals surface area (Å²) in [5.41, 5.74) is 0. The van der Waals surface area contributed by atoms with Crippen LogP contribution in [0.4, 0.5) is 4.79 Å². The number of hydrogen-bond acceptors (Lipinski definition) is 2. The normalized spacial score (nSPS) is 19.4. The van der Waals surface area contributed by atoms with Crippen molar-refractivity contribution in [1.29, 1.82) is 0 Å². The van der Waals surface area contributed by atoms with Gasteiger partial charge in [-0.2, -0.15) is 12.6 Å². The molecule has 52 valence electrons. The Kier molecular flexibility index (Phi) is 1.85. The highest BCUT2D eigenvalue weighted by atomic mass is 32.1. The van der Waals surface area contributed by atoms with E-state index in [1.54, 1.807) is 0 Å². The van der Waals surface area contributed by atoms with Gasteiger partial charge in [-0.25, -0.2) is 4.79 Å². The van der Waals surface area contributed by atoms with Gasteiger partial charge >= 0.3 is 6.09 Å². The van der Waals surface area contributed by atoms with Crippen molar-refractivity contribution in [2.24, 2.45) is 5.92 Å². The van der Waals surface area contributed by atoms with Crippen LogP contribution in [0.25, 0.3) is 0 Å². The van der Waals surface area contributed by atoms with Gasteiger partial charge in [-0.3, -0.25) is 0 Å². The SMILES string of the molecule is O=C(O)N1CC(CS)C1. The van der Waals surface area contributed by atoms with Crippen LogP contribution in [-0.4, -0.2) is 34.9 Å². The summed E-state index contributed by atoms with van der Waals surface area (Å²) >= 11 is 4.04. The van der Waals surface area contributed by atoms with Gasteiger partial charge in [0.1, 0.15) is 0 Å². The van der Waals surface area contributed by atoms with Crippen LogP contribution < -0.4 is 0 Å². The minimum Gasteiger partial charge on any atom is -0.465 e. The van der Waals surface area contributed by atoms with Gasteiger partial charge in [0.15, 0.2) is 0 Å². The zero-order valence-corrected chi connectivity index (χ0v) is 5.84. The molecule has 0 radical (unpaired) electrons. The van der Waals surface area contributed by atoms with Crippen LogP contribution >= 0.6 is 12.6 Å². The van der Waals surface area contributed by atoms with Crippen molar-refractivity contribution in [1.82, 2.24) is 4.90 Å². The van der Waals surface area contributed by atoms with Crippen LogP contribution in [-0.2, 0) is 0 Å². The summed E-state index contributed by atoms with van der Waals surface area (Å²) in [6.45, 7) is 1.33. The van der Waals surface area contributed by atoms with Gasteiger partial charge in [0.2, 0.25) is 0 Å². The Balaban J connectivity index is 2.19. The maximum Gasteiger partial charge on any atom is 0.407 e. The second-order valence-corrected chi connectivity index (χ2v) is 2.60. The number of likely N-dealkylation sites (tertiary alicyclic amines) is 1. The van der Waals surface area contributed by atoms with E-state index < -0.39 is 6.09 Å². The number of carboxylic acid groups (broad SMARTS) is 1. The summed E-state index contributed by atoms with van der Waals surface area (Å²) in [6.07, 6.45) is -0.812. The summed E-state index contributed by atoms with van der Waals surface area (Å²) in [5, 5.41) is 8.35. The number of hydrogen-bond donors (Lipinski definition) is 2. The highest BCUT2D eigenvalue weighted by Crippen LogP contribution is 2.15. The fraction of sp³-hybridized carbons (Fsp3) is 0.800. The molecule has 1 heterocycles. The van der Waals surface area contributed by atoms with Crippen molar-refractivity contribution in [2.75, 3.05) is 18.8 Å². The number of carbonyl (C=O) groups is 1. The minimum atomic E-state index is -0.812. The van der Waals surface area contributed by atoms with Gasteiger partial charge in [0.05, 0.1) is 0 Å². The third kappa shape index (κ3) is 1.30. The summed E-state index contributed by atoms with van der Waals surface area (Å²) in [7, 11) is 0. The van der Waals surface area contributed by atoms with Crippen LogP contribution in [0.2, 0.25) is 0 Å². The van der Waals surface area contributed by atoms with Crippen LogP contribution in [0.3, 0.4) is 0 Å². The van der Waals surface area contributed by atoms with Crippen LogP contribution in [0.1, 0.15) is 0 Å². The average Bonchev–Trinajstić information content (AvgIpc) is 1.61. The van der Waals surface area contributed by atoms with E-state index in [1.165, 1.54) is 4.90 Å². The molecule has 0 saturated carbocycles. The molecule has 0 aromatic rings. The lowest BCUT2D eigenvalue weighted by atomic mass is 10.0. The van der Waals surface area contributed by atoms with Gasteiger partial charge in [0.25, 0.3) is 0 Å². The first-order valence-corrected chi connectivity index (χ1v) is 3.46. The van der Waals surface area contributed by atoms with Crippen LogP contribution in [0.5, 0.6) is 0 Å². The molecule has 0 aliphatic carbocycles. The highest BCUT2D eigenvalue weighted by molar-refractivity contribution is 7.80. The van der Waals surface area contributed by atoms with E-state index in [0.717, 1.165) is 5.75 Å². The third-order valence-electron chi connectivity index (χ3n) is 1.49. The lowest BCUT2D eigenvalue weighted by Crippen LogP contribution is -2.50. The number of amides is 1. The van der Waals surface area contributed by atoms with E-state index >= 15 is 0 Å². The molecule has 3 nitrogen and oxygen atoms in total. The first-order chi connectivity index (χ1) is 4.24. The van der Waals surface area contributed by atoms with E-state index in [2.05, 4.69) is 12.6 Å². The Labute approximate surface area is 59.1 Å². The number of rotatable bonds is 1. The molecular weight excluding hydrogens is 138 g/mol. The molecule has 1 rings (SSSR count). The molecular formula is C5H9NO2S. The van der Waals surface area contributed by atoms with Gasteiger partial charge in [0, 0.05) is 19.0 Å². The van der Waals surface area contributed by atoms with Gasteiger partial charge < -0.3 is 10.0 Å². The molecule has 1 aliphatic heterocycles. The molecule has 1 amide bonds. The summed E-state index contributed by atoms with van der Waals surface area (Å²) in [5.74, 6) is 1.29. The predicted molar refractivity (Wildman–Crippen MR) is 36.9 cm³/mol. The standard InChI is InChI=1S/C5H9NO2S/c7-5(8)6-1-4(2-6)3-9/h4,9H,1-3H2,(H,7,8). The molecule has 0 unspecified atom stereocenters. The van der Waals surface area contributed by atoms with Crippen molar-refractivity contribution in [3.8, 4) is 0 Å². The quantitative estimate of drug-likeness (QED) is 0.531. The van der Waals surface area contributed by atoms with Crippen molar-refractivity contribution in [2.45, 2.75) is 0 Å². The number of nitrogens with zero attached hydrogens (tertiary/aromatic N) is 1. The third-order valence-corrected chi connectivity index (χ3v) is 2.00. The molecule has 1 N–H and O–H groups in total. The summed E-state index contributed by atoms with van der Waals surface area (Å²) in [4.78, 5) is 11.5. The molecule has 1 fully saturated rings. The Hall–Kier alpha value is -0.380. The summed E-state index contributed by atoms with van der Waals surface area (Å²) < 4.78 is 0. The molecule has 1 saturated heterocycles. The van der Waals surface area contributed by atoms with Crippen molar-refractivity contribution in [3.05, 3.63) is 0 Å². The highest BCUT2D eigenvalue weighted by Gasteiger charge is 2.28.